The summed E-state index contributed by atoms with van der Waals surface area (Å²) in [7, 11) is 0. The van der Waals surface area contributed by atoms with Gasteiger partial charge in [-0.1, -0.05) is 39.0 Å². The Morgan fingerprint density at radius 2 is 2.12 bits per heavy atom. The van der Waals surface area contributed by atoms with Gasteiger partial charge in [0, 0.05) is 11.7 Å². The Balaban J connectivity index is 1.45. The summed E-state index contributed by atoms with van der Waals surface area (Å²) < 4.78 is 1.75. The molecule has 1 aromatic carbocycles. The number of benzene rings is 1. The van der Waals surface area contributed by atoms with Crippen molar-refractivity contribution in [1.29, 1.82) is 0 Å². The lowest BCUT2D eigenvalue weighted by atomic mass is 9.69. The topological polar surface area (TPSA) is 71.8 Å². The lowest BCUT2D eigenvalue weighted by Crippen LogP contribution is -2.48. The molecule has 3 atom stereocenters. The molecule has 4 rings (SSSR count). The highest BCUT2D eigenvalue weighted by molar-refractivity contribution is 5.90. The highest BCUT2D eigenvalue weighted by atomic mass is 16.2. The molecule has 2 aliphatic carbocycles. The number of urea groups is 1. The molecular weight excluding hydrogens is 326 g/mol. The molecule has 2 aliphatic rings. The van der Waals surface area contributed by atoms with Crippen LogP contribution in [0.25, 0.3) is 0 Å². The molecule has 2 saturated carbocycles. The third-order valence-electron chi connectivity index (χ3n) is 7.16. The van der Waals surface area contributed by atoms with Gasteiger partial charge in [0.05, 0.1) is 6.54 Å². The standard InChI is InChI=1S/C20H27N5O/c1-19(2)15-8-9-20(19,3)17(10-15)24-18(26)23-16-7-5-4-6-14(16)11-25-13-21-12-22-25/h4-7,12-13,15,17H,8-11H2,1-3H3,(H2,23,24,26)/t15-,17-,20-/m0/s1. The predicted octanol–water partition coefficient (Wildman–Crippen LogP) is 3.66. The molecule has 0 radical (unpaired) electrons. The van der Waals surface area contributed by atoms with Crippen molar-refractivity contribution in [2.75, 3.05) is 5.32 Å². The number of anilines is 1. The monoisotopic (exact) mass is 353 g/mol. The van der Waals surface area contributed by atoms with Gasteiger partial charge in [0.2, 0.25) is 0 Å². The van der Waals surface area contributed by atoms with Crippen LogP contribution in [-0.2, 0) is 6.54 Å². The zero-order chi connectivity index (χ0) is 18.4. The molecule has 2 bridgehead atoms. The van der Waals surface area contributed by atoms with Crippen molar-refractivity contribution in [3.8, 4) is 0 Å². The summed E-state index contributed by atoms with van der Waals surface area (Å²) in [4.78, 5) is 16.7. The van der Waals surface area contributed by atoms with Crippen LogP contribution in [0.5, 0.6) is 0 Å². The van der Waals surface area contributed by atoms with E-state index in [1.165, 1.54) is 19.2 Å². The number of nitrogens with one attached hydrogen (secondary N) is 2. The van der Waals surface area contributed by atoms with Gasteiger partial charge in [0.15, 0.2) is 0 Å². The molecule has 6 nitrogen and oxygen atoms in total. The third kappa shape index (κ3) is 2.68. The maximum atomic E-state index is 12.7. The molecule has 1 aromatic heterocycles. The number of rotatable bonds is 4. The van der Waals surface area contributed by atoms with Crippen molar-refractivity contribution in [2.24, 2.45) is 16.7 Å². The first-order chi connectivity index (χ1) is 12.4. The zero-order valence-corrected chi connectivity index (χ0v) is 15.7. The quantitative estimate of drug-likeness (QED) is 0.881. The molecule has 2 N–H and O–H groups in total. The molecule has 6 heteroatoms. The van der Waals surface area contributed by atoms with Crippen molar-refractivity contribution < 1.29 is 4.79 Å². The Labute approximate surface area is 154 Å². The van der Waals surface area contributed by atoms with Crippen molar-refractivity contribution in [3.63, 3.8) is 0 Å². The second-order valence-corrected chi connectivity index (χ2v) is 8.51. The minimum absolute atomic E-state index is 0.120. The van der Waals surface area contributed by atoms with Crippen molar-refractivity contribution in [2.45, 2.75) is 52.6 Å². The van der Waals surface area contributed by atoms with E-state index in [2.05, 4.69) is 41.5 Å². The summed E-state index contributed by atoms with van der Waals surface area (Å²) in [5, 5.41) is 10.4. The SMILES string of the molecule is CC1(C)[C@H]2CC[C@@]1(C)[C@@H](NC(=O)Nc1ccccc1Cn1cncn1)C2. The van der Waals surface area contributed by atoms with E-state index in [0.717, 1.165) is 17.7 Å². The highest BCUT2D eigenvalue weighted by Gasteiger charge is 2.61. The normalized spacial score (nSPS) is 28.9. The Morgan fingerprint density at radius 1 is 1.31 bits per heavy atom. The van der Waals surface area contributed by atoms with Crippen LogP contribution in [0, 0.1) is 16.7 Å². The van der Waals surface area contributed by atoms with E-state index in [0.29, 0.717) is 12.5 Å². The molecule has 0 unspecified atom stereocenters. The third-order valence-corrected chi connectivity index (χ3v) is 7.16. The van der Waals surface area contributed by atoms with Gasteiger partial charge >= 0.3 is 6.03 Å². The van der Waals surface area contributed by atoms with Gasteiger partial charge in [-0.3, -0.25) is 0 Å². The molecule has 1 heterocycles. The molecular formula is C20H27N5O. The van der Waals surface area contributed by atoms with Crippen LogP contribution in [0.1, 0.15) is 45.6 Å². The first kappa shape index (κ1) is 17.1. The maximum absolute atomic E-state index is 12.7. The van der Waals surface area contributed by atoms with Crippen LogP contribution in [-0.4, -0.2) is 26.8 Å². The van der Waals surface area contributed by atoms with Crippen LogP contribution in [0.2, 0.25) is 0 Å². The maximum Gasteiger partial charge on any atom is 0.319 e. The van der Waals surface area contributed by atoms with Crippen molar-refractivity contribution in [1.82, 2.24) is 20.1 Å². The van der Waals surface area contributed by atoms with Crippen molar-refractivity contribution >= 4 is 11.7 Å². The van der Waals surface area contributed by atoms with E-state index in [-0.39, 0.29) is 22.9 Å². The largest absolute Gasteiger partial charge is 0.335 e. The number of hydrogen-bond donors (Lipinski definition) is 2. The molecule has 138 valence electrons. The number of amides is 2. The molecule has 0 spiro atoms. The molecule has 2 fully saturated rings. The lowest BCUT2D eigenvalue weighted by molar-refractivity contribution is 0.125. The van der Waals surface area contributed by atoms with Crippen LogP contribution in [0.15, 0.2) is 36.9 Å². The Kier molecular flexibility index (Phi) is 4.01. The van der Waals surface area contributed by atoms with E-state index < -0.39 is 0 Å². The van der Waals surface area contributed by atoms with E-state index in [1.54, 1.807) is 11.0 Å². The first-order valence-corrected chi connectivity index (χ1v) is 9.38. The van der Waals surface area contributed by atoms with Gasteiger partial charge in [-0.25, -0.2) is 14.5 Å². The fourth-order valence-electron chi connectivity index (χ4n) is 5.01. The molecule has 2 aromatic rings. The van der Waals surface area contributed by atoms with Gasteiger partial charge in [-0.15, -0.1) is 0 Å². The summed E-state index contributed by atoms with van der Waals surface area (Å²) in [6.07, 6.45) is 6.75. The lowest BCUT2D eigenvalue weighted by Gasteiger charge is -2.39. The number of fused-ring (bicyclic) bond motifs is 2. The minimum Gasteiger partial charge on any atom is -0.335 e. The van der Waals surface area contributed by atoms with Crippen molar-refractivity contribution in [3.05, 3.63) is 42.5 Å². The van der Waals surface area contributed by atoms with Gasteiger partial charge in [0.25, 0.3) is 0 Å². The first-order valence-electron chi connectivity index (χ1n) is 9.38. The minimum atomic E-state index is -0.120. The second-order valence-electron chi connectivity index (χ2n) is 8.51. The number of nitrogens with zero attached hydrogens (tertiary/aromatic N) is 3. The number of carbonyl (C=O) groups excluding carboxylic acids is 1. The zero-order valence-electron chi connectivity index (χ0n) is 15.7. The average molecular weight is 353 g/mol. The average Bonchev–Trinajstić information content (AvgIpc) is 3.23. The Morgan fingerprint density at radius 3 is 2.77 bits per heavy atom. The molecule has 2 amide bonds. The summed E-state index contributed by atoms with van der Waals surface area (Å²) in [5.74, 6) is 0.706. The van der Waals surface area contributed by atoms with Crippen LogP contribution < -0.4 is 10.6 Å². The fraction of sp³-hybridized carbons (Fsp3) is 0.550. The van der Waals surface area contributed by atoms with Gasteiger partial charge in [0.1, 0.15) is 12.7 Å². The van der Waals surface area contributed by atoms with Crippen LogP contribution >= 0.6 is 0 Å². The smallest absolute Gasteiger partial charge is 0.319 e. The van der Waals surface area contributed by atoms with E-state index in [9.17, 15) is 4.79 Å². The summed E-state index contributed by atoms with van der Waals surface area (Å²) in [5.41, 5.74) is 2.28. The van der Waals surface area contributed by atoms with Crippen LogP contribution in [0.4, 0.5) is 10.5 Å². The van der Waals surface area contributed by atoms with E-state index in [1.807, 2.05) is 24.3 Å². The summed E-state index contributed by atoms with van der Waals surface area (Å²) in [6, 6.07) is 7.94. The fourth-order valence-corrected chi connectivity index (χ4v) is 5.01. The summed E-state index contributed by atoms with van der Waals surface area (Å²) >= 11 is 0. The number of hydrogen-bond acceptors (Lipinski definition) is 3. The van der Waals surface area contributed by atoms with Gasteiger partial charge < -0.3 is 10.6 Å². The van der Waals surface area contributed by atoms with E-state index in [4.69, 9.17) is 0 Å². The van der Waals surface area contributed by atoms with E-state index >= 15 is 0 Å². The Hall–Kier alpha value is -2.37. The highest BCUT2D eigenvalue weighted by Crippen LogP contribution is 2.65. The number of carbonyl (C=O) groups is 1. The Bertz CT molecular complexity index is 800. The molecule has 0 aliphatic heterocycles. The predicted molar refractivity (Wildman–Crippen MR) is 101 cm³/mol. The molecule has 26 heavy (non-hydrogen) atoms. The molecule has 0 saturated heterocycles. The van der Waals surface area contributed by atoms with Gasteiger partial charge in [-0.2, -0.15) is 5.10 Å². The summed E-state index contributed by atoms with van der Waals surface area (Å²) in [6.45, 7) is 7.63. The van der Waals surface area contributed by atoms with Gasteiger partial charge in [-0.05, 0) is 47.6 Å². The number of para-hydroxylation sites is 1. The second kappa shape index (κ2) is 6.11. The van der Waals surface area contributed by atoms with Crippen LogP contribution in [0.3, 0.4) is 0 Å². The number of aromatic nitrogens is 3.